The highest BCUT2D eigenvalue weighted by molar-refractivity contribution is 5.76. The lowest BCUT2D eigenvalue weighted by atomic mass is 10.4. The summed E-state index contributed by atoms with van der Waals surface area (Å²) in [5.41, 5.74) is 0.332. The summed E-state index contributed by atoms with van der Waals surface area (Å²) in [5.74, 6) is -4.45. The molecule has 10 heteroatoms. The third-order valence-corrected chi connectivity index (χ3v) is 2.20. The Morgan fingerprint density at radius 1 is 1.42 bits per heavy atom. The molecule has 0 amide bonds. The molecule has 2 N–H and O–H groups in total. The molecule has 0 bridgehead atoms. The van der Waals surface area contributed by atoms with Crippen molar-refractivity contribution in [3.63, 3.8) is 0 Å². The Morgan fingerprint density at radius 3 is 2.79 bits per heavy atom. The number of hydrogen-bond acceptors (Lipinski definition) is 5. The summed E-state index contributed by atoms with van der Waals surface area (Å²) >= 11 is 0. The van der Waals surface area contributed by atoms with Gasteiger partial charge >= 0.3 is 12.3 Å². The predicted molar refractivity (Wildman–Crippen MR) is 57.7 cm³/mol. The van der Waals surface area contributed by atoms with Gasteiger partial charge in [0, 0.05) is 7.05 Å². The molecule has 2 heterocycles. The van der Waals surface area contributed by atoms with Gasteiger partial charge < -0.3 is 15.0 Å². The van der Waals surface area contributed by atoms with Crippen molar-refractivity contribution < 1.29 is 22.3 Å². The molecule has 0 spiro atoms. The van der Waals surface area contributed by atoms with Crippen LogP contribution in [-0.2, 0) is 0 Å². The zero-order chi connectivity index (χ0) is 14.0. The molecule has 0 aliphatic rings. The molecule has 19 heavy (non-hydrogen) atoms. The van der Waals surface area contributed by atoms with Crippen LogP contribution in [0.1, 0.15) is 0 Å². The van der Waals surface area contributed by atoms with Crippen molar-refractivity contribution in [1.82, 2.24) is 19.9 Å². The van der Waals surface area contributed by atoms with Gasteiger partial charge in [-0.3, -0.25) is 0 Å². The maximum Gasteiger partial charge on any atom is 0.340 e. The van der Waals surface area contributed by atoms with Gasteiger partial charge in [0.2, 0.25) is 11.8 Å². The number of hydrogen-bond donors (Lipinski definition) is 2. The Bertz CT molecular complexity index is 573. The standard InChI is InChI=1S/C9H9F4N5O/c1-14-8-17-5-4(15-3-16-5)6(18-8)19-2-9(12,13)7(10)11/h3,7H,2H2,1H3,(H2,14,15,16,17,18). The smallest absolute Gasteiger partial charge is 0.340 e. The molecular weight excluding hydrogens is 270 g/mol. The average molecular weight is 279 g/mol. The summed E-state index contributed by atoms with van der Waals surface area (Å²) in [7, 11) is 1.51. The van der Waals surface area contributed by atoms with Crippen LogP contribution in [0.5, 0.6) is 5.88 Å². The molecule has 0 saturated heterocycles. The van der Waals surface area contributed by atoms with Gasteiger partial charge in [-0.15, -0.1) is 0 Å². The number of alkyl halides is 4. The van der Waals surface area contributed by atoms with Crippen molar-refractivity contribution in [1.29, 1.82) is 0 Å². The van der Waals surface area contributed by atoms with E-state index in [1.54, 1.807) is 0 Å². The van der Waals surface area contributed by atoms with E-state index in [-0.39, 0.29) is 23.0 Å². The second-order valence-electron chi connectivity index (χ2n) is 3.55. The van der Waals surface area contributed by atoms with Gasteiger partial charge in [-0.1, -0.05) is 0 Å². The molecule has 0 saturated carbocycles. The van der Waals surface area contributed by atoms with E-state index >= 15 is 0 Å². The number of aromatic nitrogens is 4. The highest BCUT2D eigenvalue weighted by Crippen LogP contribution is 2.26. The lowest BCUT2D eigenvalue weighted by molar-refractivity contribution is -0.148. The molecule has 2 aromatic heterocycles. The highest BCUT2D eigenvalue weighted by atomic mass is 19.3. The van der Waals surface area contributed by atoms with E-state index in [2.05, 4.69) is 30.0 Å². The molecule has 2 rings (SSSR count). The van der Waals surface area contributed by atoms with Crippen molar-refractivity contribution in [2.45, 2.75) is 12.3 Å². The van der Waals surface area contributed by atoms with Crippen molar-refractivity contribution >= 4 is 17.1 Å². The Labute approximate surface area is 104 Å². The van der Waals surface area contributed by atoms with Crippen molar-refractivity contribution in [3.05, 3.63) is 6.33 Å². The van der Waals surface area contributed by atoms with Crippen LogP contribution in [0.4, 0.5) is 23.5 Å². The first-order valence-corrected chi connectivity index (χ1v) is 5.11. The molecule has 0 aromatic carbocycles. The van der Waals surface area contributed by atoms with Crippen molar-refractivity contribution in [3.8, 4) is 5.88 Å². The van der Waals surface area contributed by atoms with Gasteiger partial charge in [-0.05, 0) is 0 Å². The quantitative estimate of drug-likeness (QED) is 0.814. The average Bonchev–Trinajstić information content (AvgIpc) is 2.83. The summed E-state index contributed by atoms with van der Waals surface area (Å²) in [4.78, 5) is 14.1. The number of nitrogens with one attached hydrogen (secondary N) is 2. The number of ether oxygens (including phenoxy) is 1. The van der Waals surface area contributed by atoms with Crippen LogP contribution >= 0.6 is 0 Å². The van der Waals surface area contributed by atoms with E-state index < -0.39 is 19.0 Å². The number of halogens is 4. The Balaban J connectivity index is 2.27. The number of aromatic amines is 1. The summed E-state index contributed by atoms with van der Waals surface area (Å²) in [6.45, 7) is -1.49. The van der Waals surface area contributed by atoms with Crippen LogP contribution in [0.3, 0.4) is 0 Å². The van der Waals surface area contributed by atoms with E-state index in [9.17, 15) is 17.6 Å². The van der Waals surface area contributed by atoms with Crippen LogP contribution in [0.25, 0.3) is 11.2 Å². The van der Waals surface area contributed by atoms with Gasteiger partial charge in [-0.25, -0.2) is 13.8 Å². The Hall–Kier alpha value is -2.13. The fraction of sp³-hybridized carbons (Fsp3) is 0.444. The first-order valence-electron chi connectivity index (χ1n) is 5.11. The van der Waals surface area contributed by atoms with Crippen LogP contribution in [0.2, 0.25) is 0 Å². The maximum atomic E-state index is 12.8. The fourth-order valence-electron chi connectivity index (χ4n) is 1.25. The summed E-state index contributed by atoms with van der Waals surface area (Å²) in [5, 5.41) is 2.58. The molecule has 0 atom stereocenters. The van der Waals surface area contributed by atoms with Crippen molar-refractivity contribution in [2.24, 2.45) is 0 Å². The molecule has 0 radical (unpaired) electrons. The first kappa shape index (κ1) is 13.3. The molecule has 104 valence electrons. The van der Waals surface area contributed by atoms with Gasteiger partial charge in [0.15, 0.2) is 12.3 Å². The maximum absolute atomic E-state index is 12.8. The van der Waals surface area contributed by atoms with Gasteiger partial charge in [0.05, 0.1) is 6.33 Å². The van der Waals surface area contributed by atoms with E-state index in [0.717, 1.165) is 0 Å². The third kappa shape index (κ3) is 2.66. The molecule has 0 fully saturated rings. The minimum Gasteiger partial charge on any atom is -0.469 e. The lowest BCUT2D eigenvalue weighted by Gasteiger charge is -2.15. The summed E-state index contributed by atoms with van der Waals surface area (Å²) in [6, 6.07) is 0. The normalized spacial score (nSPS) is 12.1. The third-order valence-electron chi connectivity index (χ3n) is 2.20. The number of rotatable bonds is 5. The number of anilines is 1. The van der Waals surface area contributed by atoms with E-state index in [0.29, 0.717) is 0 Å². The number of imidazole rings is 1. The first-order chi connectivity index (χ1) is 8.94. The fourth-order valence-corrected chi connectivity index (χ4v) is 1.25. The Kier molecular flexibility index (Phi) is 3.40. The van der Waals surface area contributed by atoms with Crippen LogP contribution in [-0.4, -0.2) is 45.9 Å². The van der Waals surface area contributed by atoms with E-state index in [1.165, 1.54) is 13.4 Å². The molecule has 0 aliphatic carbocycles. The summed E-state index contributed by atoms with van der Waals surface area (Å²) in [6.07, 6.45) is -2.55. The molecule has 6 nitrogen and oxygen atoms in total. The number of H-pyrrole nitrogens is 1. The summed E-state index contributed by atoms with van der Waals surface area (Å²) < 4.78 is 54.3. The second-order valence-corrected chi connectivity index (χ2v) is 3.55. The van der Waals surface area contributed by atoms with Gasteiger partial charge in [0.1, 0.15) is 5.52 Å². The van der Waals surface area contributed by atoms with Crippen LogP contribution in [0.15, 0.2) is 6.33 Å². The largest absolute Gasteiger partial charge is 0.469 e. The monoisotopic (exact) mass is 279 g/mol. The van der Waals surface area contributed by atoms with Gasteiger partial charge in [0.25, 0.3) is 0 Å². The minimum absolute atomic E-state index is 0.0787. The lowest BCUT2D eigenvalue weighted by Crippen LogP contribution is -2.34. The number of nitrogens with zero attached hydrogens (tertiary/aromatic N) is 3. The zero-order valence-electron chi connectivity index (χ0n) is 9.62. The van der Waals surface area contributed by atoms with Crippen LogP contribution < -0.4 is 10.1 Å². The Morgan fingerprint density at radius 2 is 2.16 bits per heavy atom. The molecule has 2 aromatic rings. The predicted octanol–water partition coefficient (Wildman–Crippen LogP) is 1.67. The molecule has 0 aliphatic heterocycles. The minimum atomic E-state index is -4.25. The highest BCUT2D eigenvalue weighted by Gasteiger charge is 2.42. The molecule has 0 unspecified atom stereocenters. The van der Waals surface area contributed by atoms with E-state index in [1.807, 2.05) is 0 Å². The number of fused-ring (bicyclic) bond motifs is 1. The van der Waals surface area contributed by atoms with E-state index in [4.69, 9.17) is 0 Å². The molecular formula is C9H9F4N5O. The topological polar surface area (TPSA) is 75.7 Å². The SMILES string of the molecule is CNc1nc(OCC(F)(F)C(F)F)c2[nH]cnc2n1. The van der Waals surface area contributed by atoms with Crippen molar-refractivity contribution in [2.75, 3.05) is 19.0 Å². The zero-order valence-corrected chi connectivity index (χ0v) is 9.62. The van der Waals surface area contributed by atoms with Crippen LogP contribution in [0, 0.1) is 0 Å². The second kappa shape index (κ2) is 4.86. The van der Waals surface area contributed by atoms with Gasteiger partial charge in [-0.2, -0.15) is 18.7 Å².